The second-order valence-electron chi connectivity index (χ2n) is 9.93. The van der Waals surface area contributed by atoms with Crippen LogP contribution >= 0.6 is 11.3 Å². The van der Waals surface area contributed by atoms with Crippen LogP contribution in [0.5, 0.6) is 0 Å². The van der Waals surface area contributed by atoms with Crippen molar-refractivity contribution in [3.8, 4) is 0 Å². The fraction of sp³-hybridized carbons (Fsp3) is 0.400. The maximum Gasteiger partial charge on any atom is 0.0590 e. The van der Waals surface area contributed by atoms with Crippen molar-refractivity contribution < 1.29 is 0 Å². The van der Waals surface area contributed by atoms with Gasteiger partial charge in [-0.25, -0.2) is 0 Å². The average molecular weight is 440 g/mol. The molecule has 0 bridgehead atoms. The van der Waals surface area contributed by atoms with Crippen LogP contribution in [0.2, 0.25) is 0 Å². The highest BCUT2D eigenvalue weighted by Crippen LogP contribution is 2.44. The molecule has 1 heterocycles. The Morgan fingerprint density at radius 2 is 1.22 bits per heavy atom. The summed E-state index contributed by atoms with van der Waals surface area (Å²) in [4.78, 5) is 0. The van der Waals surface area contributed by atoms with Gasteiger partial charge in [-0.05, 0) is 66.8 Å². The molecule has 1 N–H and O–H groups in total. The Hall–Kier alpha value is -2.32. The first kappa shape index (κ1) is 20.3. The lowest BCUT2D eigenvalue weighted by Crippen LogP contribution is -2.04. The third kappa shape index (κ3) is 3.83. The SMILES string of the molecule is c1cc(Nc2ccc(C3CCCCC3)cc2)c2sc3c(C4CCCCC4)cccc3c2c1. The lowest BCUT2D eigenvalue weighted by molar-refractivity contribution is 0.443. The van der Waals surface area contributed by atoms with Crippen LogP contribution in [0.1, 0.15) is 87.2 Å². The van der Waals surface area contributed by atoms with E-state index < -0.39 is 0 Å². The summed E-state index contributed by atoms with van der Waals surface area (Å²) < 4.78 is 2.90. The molecule has 0 aliphatic heterocycles. The molecule has 0 unspecified atom stereocenters. The van der Waals surface area contributed by atoms with Crippen LogP contribution in [0.15, 0.2) is 60.7 Å². The number of anilines is 2. The molecule has 164 valence electrons. The largest absolute Gasteiger partial charge is 0.354 e. The lowest BCUT2D eigenvalue weighted by atomic mass is 9.84. The highest BCUT2D eigenvalue weighted by atomic mass is 32.1. The van der Waals surface area contributed by atoms with Gasteiger partial charge in [-0.1, -0.05) is 81.0 Å². The third-order valence-electron chi connectivity index (χ3n) is 7.87. The molecule has 2 heteroatoms. The second kappa shape index (κ2) is 8.90. The van der Waals surface area contributed by atoms with E-state index in [4.69, 9.17) is 0 Å². The normalized spacial score (nSPS) is 18.4. The van der Waals surface area contributed by atoms with Crippen LogP contribution in [-0.2, 0) is 0 Å². The number of rotatable bonds is 4. The van der Waals surface area contributed by atoms with Crippen molar-refractivity contribution in [3.05, 3.63) is 71.8 Å². The van der Waals surface area contributed by atoms with E-state index in [0.717, 1.165) is 11.8 Å². The van der Waals surface area contributed by atoms with Crippen LogP contribution < -0.4 is 5.32 Å². The molecule has 2 aliphatic carbocycles. The molecule has 2 aliphatic rings. The van der Waals surface area contributed by atoms with E-state index in [2.05, 4.69) is 66.0 Å². The molecular formula is C30H33NS. The quantitative estimate of drug-likeness (QED) is 0.333. The van der Waals surface area contributed by atoms with Crippen molar-refractivity contribution in [2.45, 2.75) is 76.0 Å². The maximum atomic E-state index is 3.75. The summed E-state index contributed by atoms with van der Waals surface area (Å²) in [6.07, 6.45) is 13.8. The van der Waals surface area contributed by atoms with Crippen molar-refractivity contribution in [3.63, 3.8) is 0 Å². The molecule has 1 nitrogen and oxygen atoms in total. The summed E-state index contributed by atoms with van der Waals surface area (Å²) in [5.74, 6) is 1.51. The van der Waals surface area contributed by atoms with Crippen LogP contribution in [0.4, 0.5) is 11.4 Å². The monoisotopic (exact) mass is 439 g/mol. The van der Waals surface area contributed by atoms with Gasteiger partial charge in [-0.2, -0.15) is 0 Å². The zero-order chi connectivity index (χ0) is 21.3. The van der Waals surface area contributed by atoms with Gasteiger partial charge in [0, 0.05) is 21.2 Å². The van der Waals surface area contributed by atoms with Crippen molar-refractivity contribution in [2.75, 3.05) is 5.32 Å². The molecule has 2 saturated carbocycles. The molecule has 0 atom stereocenters. The maximum absolute atomic E-state index is 3.75. The zero-order valence-corrected chi connectivity index (χ0v) is 19.7. The highest BCUT2D eigenvalue weighted by molar-refractivity contribution is 7.26. The number of fused-ring (bicyclic) bond motifs is 3. The molecule has 3 aromatic carbocycles. The molecule has 0 radical (unpaired) electrons. The van der Waals surface area contributed by atoms with Crippen molar-refractivity contribution >= 4 is 42.9 Å². The van der Waals surface area contributed by atoms with E-state index in [9.17, 15) is 0 Å². The van der Waals surface area contributed by atoms with Gasteiger partial charge in [0.2, 0.25) is 0 Å². The third-order valence-corrected chi connectivity index (χ3v) is 9.17. The molecular weight excluding hydrogens is 406 g/mol. The van der Waals surface area contributed by atoms with Gasteiger partial charge in [0.15, 0.2) is 0 Å². The summed E-state index contributed by atoms with van der Waals surface area (Å²) in [6.45, 7) is 0. The van der Waals surface area contributed by atoms with Crippen molar-refractivity contribution in [2.24, 2.45) is 0 Å². The van der Waals surface area contributed by atoms with Gasteiger partial charge in [-0.15, -0.1) is 11.3 Å². The Morgan fingerprint density at radius 1 is 0.594 bits per heavy atom. The van der Waals surface area contributed by atoms with E-state index in [0.29, 0.717) is 0 Å². The Morgan fingerprint density at radius 3 is 1.94 bits per heavy atom. The van der Waals surface area contributed by atoms with Gasteiger partial charge in [0.05, 0.1) is 10.4 Å². The molecule has 0 amide bonds. The fourth-order valence-electron chi connectivity index (χ4n) is 6.11. The highest BCUT2D eigenvalue weighted by Gasteiger charge is 2.20. The minimum Gasteiger partial charge on any atom is -0.354 e. The zero-order valence-electron chi connectivity index (χ0n) is 18.9. The summed E-state index contributed by atoms with van der Waals surface area (Å²) in [6, 6.07) is 23.0. The van der Waals surface area contributed by atoms with Gasteiger partial charge < -0.3 is 5.32 Å². The van der Waals surface area contributed by atoms with Crippen LogP contribution in [-0.4, -0.2) is 0 Å². The van der Waals surface area contributed by atoms with Crippen molar-refractivity contribution in [1.82, 2.24) is 0 Å². The van der Waals surface area contributed by atoms with Crippen LogP contribution in [0.25, 0.3) is 20.2 Å². The Bertz CT molecular complexity index is 1210. The van der Waals surface area contributed by atoms with Crippen LogP contribution in [0, 0.1) is 0 Å². The van der Waals surface area contributed by atoms with E-state index in [1.165, 1.54) is 101 Å². The lowest BCUT2D eigenvalue weighted by Gasteiger charge is -2.22. The molecule has 32 heavy (non-hydrogen) atoms. The number of hydrogen-bond acceptors (Lipinski definition) is 2. The number of benzene rings is 3. The first-order chi connectivity index (χ1) is 15.9. The Balaban J connectivity index is 1.33. The minimum atomic E-state index is 0.740. The van der Waals surface area contributed by atoms with E-state index in [1.54, 1.807) is 5.56 Å². The van der Waals surface area contributed by atoms with Gasteiger partial charge in [0.25, 0.3) is 0 Å². The minimum absolute atomic E-state index is 0.740. The molecule has 2 fully saturated rings. The van der Waals surface area contributed by atoms with Gasteiger partial charge in [-0.3, -0.25) is 0 Å². The summed E-state index contributed by atoms with van der Waals surface area (Å²) in [5, 5.41) is 6.58. The predicted octanol–water partition coefficient (Wildman–Crippen LogP) is 9.89. The predicted molar refractivity (Wildman–Crippen MR) is 141 cm³/mol. The number of thiophene rings is 1. The second-order valence-corrected chi connectivity index (χ2v) is 10.9. The number of hydrogen-bond donors (Lipinski definition) is 1. The average Bonchev–Trinajstić information content (AvgIpc) is 3.26. The number of nitrogens with one attached hydrogen (secondary N) is 1. The van der Waals surface area contributed by atoms with E-state index in [1.807, 2.05) is 11.3 Å². The van der Waals surface area contributed by atoms with Crippen molar-refractivity contribution in [1.29, 1.82) is 0 Å². The Kier molecular flexibility index (Phi) is 5.65. The first-order valence-electron chi connectivity index (χ1n) is 12.7. The summed E-state index contributed by atoms with van der Waals surface area (Å²) in [7, 11) is 0. The topological polar surface area (TPSA) is 12.0 Å². The summed E-state index contributed by atoms with van der Waals surface area (Å²) >= 11 is 1.99. The van der Waals surface area contributed by atoms with E-state index >= 15 is 0 Å². The van der Waals surface area contributed by atoms with E-state index in [-0.39, 0.29) is 0 Å². The first-order valence-corrected chi connectivity index (χ1v) is 13.5. The molecule has 1 aromatic heterocycles. The molecule has 0 spiro atoms. The van der Waals surface area contributed by atoms with Crippen LogP contribution in [0.3, 0.4) is 0 Å². The van der Waals surface area contributed by atoms with Gasteiger partial charge >= 0.3 is 0 Å². The molecule has 4 aromatic rings. The fourth-order valence-corrected chi connectivity index (χ4v) is 7.47. The Labute approximate surface area is 195 Å². The molecule has 6 rings (SSSR count). The molecule has 0 saturated heterocycles. The standard InChI is InChI=1S/C30H33NS/c1-3-9-21(10-4-1)22-17-19-24(20-18-22)31-28-16-8-15-27-26-14-7-13-25(29(26)32-30(27)28)23-11-5-2-6-12-23/h7-8,13-21,23,31H,1-6,9-12H2. The smallest absolute Gasteiger partial charge is 0.0590 e. The van der Waals surface area contributed by atoms with Gasteiger partial charge in [0.1, 0.15) is 0 Å². The summed E-state index contributed by atoms with van der Waals surface area (Å²) in [5.41, 5.74) is 5.55.